The van der Waals surface area contributed by atoms with Gasteiger partial charge in [-0.25, -0.2) is 13.2 Å². The first-order valence-corrected chi connectivity index (χ1v) is 9.56. The van der Waals surface area contributed by atoms with E-state index in [1.807, 2.05) is 0 Å². The predicted octanol–water partition coefficient (Wildman–Crippen LogP) is -0.500. The van der Waals surface area contributed by atoms with Gasteiger partial charge in [-0.15, -0.1) is 0 Å². The van der Waals surface area contributed by atoms with Crippen LogP contribution < -0.4 is 10.2 Å². The molecular formula is C15H21ClN3O5S+. The van der Waals surface area contributed by atoms with Crippen molar-refractivity contribution in [2.75, 3.05) is 33.3 Å². The number of quaternary nitrogens is 1. The lowest BCUT2D eigenvalue weighted by Crippen LogP contribution is -3.19. The Morgan fingerprint density at radius 1 is 1.24 bits per heavy atom. The number of alkyl carbamates (subject to hydrolysis) is 1. The van der Waals surface area contributed by atoms with Crippen LogP contribution in [0.25, 0.3) is 0 Å². The van der Waals surface area contributed by atoms with Crippen LogP contribution in [0.4, 0.5) is 4.79 Å². The summed E-state index contributed by atoms with van der Waals surface area (Å²) in [6.07, 6.45) is -0.805. The Morgan fingerprint density at radius 3 is 2.32 bits per heavy atom. The van der Waals surface area contributed by atoms with Crippen molar-refractivity contribution >= 4 is 33.6 Å². The molecule has 1 heterocycles. The fraction of sp³-hybridized carbons (Fsp3) is 0.467. The van der Waals surface area contributed by atoms with Gasteiger partial charge in [-0.2, -0.15) is 4.31 Å². The van der Waals surface area contributed by atoms with Gasteiger partial charge in [0.25, 0.3) is 5.91 Å². The normalized spacial score (nSPS) is 17.7. The first kappa shape index (κ1) is 19.6. The number of carbonyl (C=O) groups excluding carboxylic acids is 2. The maximum absolute atomic E-state index is 12.6. The molecule has 2 amide bonds. The van der Waals surface area contributed by atoms with E-state index >= 15 is 0 Å². The number of imide groups is 1. The fourth-order valence-electron chi connectivity index (χ4n) is 2.65. The van der Waals surface area contributed by atoms with E-state index in [1.165, 1.54) is 35.7 Å². The van der Waals surface area contributed by atoms with Crippen molar-refractivity contribution in [1.29, 1.82) is 0 Å². The van der Waals surface area contributed by atoms with Crippen LogP contribution in [0.15, 0.2) is 29.2 Å². The van der Waals surface area contributed by atoms with Gasteiger partial charge in [-0.05, 0) is 31.2 Å². The quantitative estimate of drug-likeness (QED) is 0.722. The van der Waals surface area contributed by atoms with Crippen molar-refractivity contribution in [2.45, 2.75) is 17.9 Å². The Kier molecular flexibility index (Phi) is 6.39. The summed E-state index contributed by atoms with van der Waals surface area (Å²) in [6.45, 7) is 3.19. The Balaban J connectivity index is 1.98. The van der Waals surface area contributed by atoms with Crippen LogP contribution >= 0.6 is 11.6 Å². The molecule has 0 bridgehead atoms. The minimum absolute atomic E-state index is 0.192. The van der Waals surface area contributed by atoms with E-state index in [2.05, 4.69) is 10.1 Å². The lowest BCUT2D eigenvalue weighted by molar-refractivity contribution is -0.917. The molecule has 1 aromatic rings. The van der Waals surface area contributed by atoms with Crippen LogP contribution in [0.1, 0.15) is 6.92 Å². The van der Waals surface area contributed by atoms with Gasteiger partial charge in [0, 0.05) is 5.02 Å². The average molecular weight is 391 g/mol. The number of halogens is 1. The van der Waals surface area contributed by atoms with Crippen LogP contribution in [0.3, 0.4) is 0 Å². The number of carbonyl (C=O) groups is 2. The lowest BCUT2D eigenvalue weighted by atomic mass is 10.2. The maximum atomic E-state index is 12.6. The maximum Gasteiger partial charge on any atom is 0.413 e. The Morgan fingerprint density at radius 2 is 1.80 bits per heavy atom. The second kappa shape index (κ2) is 8.13. The third-order valence-corrected chi connectivity index (χ3v) is 6.40. The van der Waals surface area contributed by atoms with Gasteiger partial charge in [-0.3, -0.25) is 10.1 Å². The fourth-order valence-corrected chi connectivity index (χ4v) is 4.22. The highest BCUT2D eigenvalue weighted by Gasteiger charge is 2.34. The summed E-state index contributed by atoms with van der Waals surface area (Å²) < 4.78 is 31.0. The molecular weight excluding hydrogens is 370 g/mol. The summed E-state index contributed by atoms with van der Waals surface area (Å²) in [5.74, 6) is -0.448. The SMILES string of the molecule is COC(=O)NC(=O)[C@H](C)[NH+]1CCN(S(=O)(=O)c2ccc(Cl)cc2)CC1. The molecule has 1 atom stereocenters. The van der Waals surface area contributed by atoms with Gasteiger partial charge in [0.15, 0.2) is 6.04 Å². The highest BCUT2D eigenvalue weighted by molar-refractivity contribution is 7.89. The second-order valence-electron chi connectivity index (χ2n) is 5.72. The summed E-state index contributed by atoms with van der Waals surface area (Å²) in [7, 11) is -2.40. The zero-order valence-corrected chi connectivity index (χ0v) is 15.6. The second-order valence-corrected chi connectivity index (χ2v) is 8.09. The van der Waals surface area contributed by atoms with Gasteiger partial charge in [0.05, 0.1) is 38.2 Å². The van der Waals surface area contributed by atoms with E-state index in [0.29, 0.717) is 18.1 Å². The molecule has 0 unspecified atom stereocenters. The number of nitrogens with zero attached hydrogens (tertiary/aromatic N) is 1. The van der Waals surface area contributed by atoms with Crippen molar-refractivity contribution in [3.8, 4) is 0 Å². The summed E-state index contributed by atoms with van der Waals surface area (Å²) in [6, 6.07) is 5.54. The van der Waals surface area contributed by atoms with Gasteiger partial charge in [0.1, 0.15) is 0 Å². The molecule has 0 spiro atoms. The first-order valence-electron chi connectivity index (χ1n) is 7.75. The summed E-state index contributed by atoms with van der Waals surface area (Å²) in [5, 5.41) is 2.60. The topological polar surface area (TPSA) is 97.2 Å². The third kappa shape index (κ3) is 4.69. The Labute approximate surface area is 151 Å². The average Bonchev–Trinajstić information content (AvgIpc) is 2.61. The molecule has 10 heteroatoms. The number of nitrogens with one attached hydrogen (secondary N) is 2. The Bertz CT molecular complexity index is 730. The van der Waals surface area contributed by atoms with E-state index in [1.54, 1.807) is 6.92 Å². The van der Waals surface area contributed by atoms with Crippen molar-refractivity contribution in [1.82, 2.24) is 9.62 Å². The number of sulfonamides is 1. The molecule has 0 aromatic heterocycles. The molecule has 0 saturated carbocycles. The number of piperazine rings is 1. The smallest absolute Gasteiger partial charge is 0.413 e. The van der Waals surface area contributed by atoms with Crippen LogP contribution in [0.5, 0.6) is 0 Å². The highest BCUT2D eigenvalue weighted by atomic mass is 35.5. The molecule has 8 nitrogen and oxygen atoms in total. The molecule has 1 aliphatic rings. The molecule has 138 valence electrons. The molecule has 2 rings (SSSR count). The number of amides is 2. The van der Waals surface area contributed by atoms with E-state index in [-0.39, 0.29) is 18.0 Å². The molecule has 0 aliphatic carbocycles. The zero-order valence-electron chi connectivity index (χ0n) is 14.0. The van der Waals surface area contributed by atoms with Gasteiger partial charge in [-0.1, -0.05) is 11.6 Å². The minimum Gasteiger partial charge on any atom is -0.453 e. The molecule has 1 aromatic carbocycles. The molecule has 2 N–H and O–H groups in total. The molecule has 0 radical (unpaired) electrons. The standard InChI is InChI=1S/C15H20ClN3O5S/c1-11(14(20)17-15(21)24-2)18-7-9-19(10-8-18)25(22,23)13-5-3-12(16)4-6-13/h3-6,11H,7-10H2,1-2H3,(H,17,20,21)/p+1/t11-/m0/s1. The van der Waals surface area contributed by atoms with Crippen LogP contribution in [-0.2, 0) is 19.6 Å². The van der Waals surface area contributed by atoms with Crippen molar-refractivity contribution in [3.63, 3.8) is 0 Å². The van der Waals surface area contributed by atoms with Crippen molar-refractivity contribution in [3.05, 3.63) is 29.3 Å². The summed E-state index contributed by atoms with van der Waals surface area (Å²) in [5.41, 5.74) is 0. The largest absolute Gasteiger partial charge is 0.453 e. The van der Waals surface area contributed by atoms with E-state index in [0.717, 1.165) is 4.90 Å². The number of benzene rings is 1. The molecule has 1 fully saturated rings. The number of rotatable bonds is 4. The van der Waals surface area contributed by atoms with Crippen LogP contribution in [0, 0.1) is 0 Å². The minimum atomic E-state index is -3.58. The first-order chi connectivity index (χ1) is 11.8. The lowest BCUT2D eigenvalue weighted by Gasteiger charge is -2.34. The van der Waals surface area contributed by atoms with Crippen molar-refractivity contribution in [2.24, 2.45) is 0 Å². The van der Waals surface area contributed by atoms with E-state index < -0.39 is 28.1 Å². The molecule has 1 saturated heterocycles. The van der Waals surface area contributed by atoms with Crippen molar-refractivity contribution < 1.29 is 27.6 Å². The van der Waals surface area contributed by atoms with Crippen LogP contribution in [-0.4, -0.2) is 64.1 Å². The van der Waals surface area contributed by atoms with Gasteiger partial charge >= 0.3 is 6.09 Å². The third-order valence-electron chi connectivity index (χ3n) is 4.23. The zero-order chi connectivity index (χ0) is 18.6. The summed E-state index contributed by atoms with van der Waals surface area (Å²) in [4.78, 5) is 24.2. The van der Waals surface area contributed by atoms with E-state index in [4.69, 9.17) is 11.6 Å². The van der Waals surface area contributed by atoms with Gasteiger partial charge in [0.2, 0.25) is 10.0 Å². The molecule has 25 heavy (non-hydrogen) atoms. The number of methoxy groups -OCH3 is 1. The Hall–Kier alpha value is -1.68. The number of hydrogen-bond donors (Lipinski definition) is 2. The van der Waals surface area contributed by atoms with E-state index in [9.17, 15) is 18.0 Å². The van der Waals surface area contributed by atoms with Gasteiger partial charge < -0.3 is 9.64 Å². The highest BCUT2D eigenvalue weighted by Crippen LogP contribution is 2.18. The summed E-state index contributed by atoms with van der Waals surface area (Å²) >= 11 is 5.80. The monoisotopic (exact) mass is 390 g/mol. The predicted molar refractivity (Wildman–Crippen MR) is 90.9 cm³/mol. The number of hydrogen-bond acceptors (Lipinski definition) is 5. The molecule has 1 aliphatic heterocycles. The number of ether oxygens (including phenoxy) is 1. The van der Waals surface area contributed by atoms with Crippen LogP contribution in [0.2, 0.25) is 5.02 Å².